The Kier molecular flexibility index (Phi) is 4.21. The highest BCUT2D eigenvalue weighted by Gasteiger charge is 2.11. The number of aromatic nitrogens is 2. The fourth-order valence-electron chi connectivity index (χ4n) is 1.51. The van der Waals surface area contributed by atoms with Crippen LogP contribution in [-0.2, 0) is 11.3 Å². The number of amides is 1. The van der Waals surface area contributed by atoms with E-state index < -0.39 is 10.8 Å². The lowest BCUT2D eigenvalue weighted by Gasteiger charge is -2.06. The Labute approximate surface area is 123 Å². The van der Waals surface area contributed by atoms with Gasteiger partial charge in [-0.1, -0.05) is 23.2 Å². The predicted molar refractivity (Wildman–Crippen MR) is 74.0 cm³/mol. The van der Waals surface area contributed by atoms with Gasteiger partial charge in [-0.15, -0.1) is 0 Å². The molecule has 20 heavy (non-hydrogen) atoms. The second-order valence-corrected chi connectivity index (χ2v) is 4.73. The lowest BCUT2D eigenvalue weighted by atomic mass is 10.3. The van der Waals surface area contributed by atoms with Gasteiger partial charge in [0.05, 0.1) is 4.92 Å². The summed E-state index contributed by atoms with van der Waals surface area (Å²) in [5, 5.41) is 17.6. The van der Waals surface area contributed by atoms with Crippen molar-refractivity contribution in [1.82, 2.24) is 9.78 Å². The number of hydrogen-bond donors (Lipinski definition) is 1. The maximum absolute atomic E-state index is 11.8. The smallest absolute Gasteiger partial charge is 0.307 e. The Morgan fingerprint density at radius 2 is 2.00 bits per heavy atom. The number of carbonyl (C=O) groups excluding carboxylic acids is 1. The molecule has 0 atom stereocenters. The van der Waals surface area contributed by atoms with Crippen molar-refractivity contribution in [3.05, 3.63) is 50.8 Å². The van der Waals surface area contributed by atoms with Crippen LogP contribution >= 0.6 is 23.2 Å². The van der Waals surface area contributed by atoms with E-state index in [2.05, 4.69) is 10.4 Å². The van der Waals surface area contributed by atoms with Crippen LogP contribution in [0.1, 0.15) is 0 Å². The topological polar surface area (TPSA) is 90.1 Å². The molecule has 1 heterocycles. The van der Waals surface area contributed by atoms with Crippen LogP contribution in [0.25, 0.3) is 0 Å². The summed E-state index contributed by atoms with van der Waals surface area (Å²) in [6, 6.07) is 4.61. The van der Waals surface area contributed by atoms with Crippen LogP contribution < -0.4 is 5.32 Å². The molecular weight excluding hydrogens is 307 g/mol. The summed E-state index contributed by atoms with van der Waals surface area (Å²) in [6.45, 7) is -0.155. The molecule has 0 saturated heterocycles. The van der Waals surface area contributed by atoms with Crippen molar-refractivity contribution in [3.8, 4) is 0 Å². The van der Waals surface area contributed by atoms with Gasteiger partial charge >= 0.3 is 5.69 Å². The van der Waals surface area contributed by atoms with Crippen LogP contribution in [0.3, 0.4) is 0 Å². The molecule has 0 aliphatic heterocycles. The molecule has 2 aromatic rings. The second kappa shape index (κ2) is 5.89. The highest BCUT2D eigenvalue weighted by atomic mass is 35.5. The Hall–Kier alpha value is -2.12. The van der Waals surface area contributed by atoms with E-state index in [9.17, 15) is 14.9 Å². The number of carbonyl (C=O) groups is 1. The first-order valence-electron chi connectivity index (χ1n) is 5.37. The fraction of sp³-hybridized carbons (Fsp3) is 0.0909. The van der Waals surface area contributed by atoms with Gasteiger partial charge in [-0.25, -0.2) is 0 Å². The van der Waals surface area contributed by atoms with E-state index in [0.717, 1.165) is 6.20 Å². The molecule has 0 bridgehead atoms. The minimum absolute atomic E-state index is 0.155. The SMILES string of the molecule is O=C(Cn1cc([N+](=O)[O-])cn1)Nc1cc(Cl)cc(Cl)c1. The quantitative estimate of drug-likeness (QED) is 0.694. The number of rotatable bonds is 4. The van der Waals surface area contributed by atoms with Crippen molar-refractivity contribution in [2.24, 2.45) is 0 Å². The Morgan fingerprint density at radius 3 is 2.55 bits per heavy atom. The summed E-state index contributed by atoms with van der Waals surface area (Å²) >= 11 is 11.6. The van der Waals surface area contributed by atoms with E-state index in [-0.39, 0.29) is 12.2 Å². The van der Waals surface area contributed by atoms with Gasteiger partial charge in [0.2, 0.25) is 5.91 Å². The number of nitrogens with zero attached hydrogens (tertiary/aromatic N) is 3. The summed E-state index contributed by atoms with van der Waals surface area (Å²) in [5.74, 6) is -0.402. The summed E-state index contributed by atoms with van der Waals surface area (Å²) in [4.78, 5) is 21.7. The van der Waals surface area contributed by atoms with Crippen LogP contribution in [0.5, 0.6) is 0 Å². The summed E-state index contributed by atoms with van der Waals surface area (Å²) in [6.07, 6.45) is 2.24. The molecule has 0 fully saturated rings. The van der Waals surface area contributed by atoms with E-state index in [1.807, 2.05) is 0 Å². The number of nitrogens with one attached hydrogen (secondary N) is 1. The van der Waals surface area contributed by atoms with Gasteiger partial charge in [-0.05, 0) is 18.2 Å². The maximum atomic E-state index is 11.8. The van der Waals surface area contributed by atoms with E-state index >= 15 is 0 Å². The Bertz CT molecular complexity index is 651. The zero-order valence-corrected chi connectivity index (χ0v) is 11.4. The molecule has 0 radical (unpaired) electrons. The van der Waals surface area contributed by atoms with Crippen LogP contribution in [0.2, 0.25) is 10.0 Å². The molecule has 104 valence electrons. The van der Waals surface area contributed by atoms with Crippen LogP contribution in [0.15, 0.2) is 30.6 Å². The second-order valence-electron chi connectivity index (χ2n) is 3.86. The third-order valence-corrected chi connectivity index (χ3v) is 2.72. The lowest BCUT2D eigenvalue weighted by Crippen LogP contribution is -2.19. The van der Waals surface area contributed by atoms with Gasteiger partial charge in [0.15, 0.2) is 0 Å². The first kappa shape index (κ1) is 14.3. The van der Waals surface area contributed by atoms with E-state index in [1.54, 1.807) is 0 Å². The molecule has 2 rings (SSSR count). The highest BCUT2D eigenvalue weighted by Crippen LogP contribution is 2.22. The molecule has 7 nitrogen and oxygen atoms in total. The zero-order valence-electron chi connectivity index (χ0n) is 9.92. The van der Waals surface area contributed by atoms with Crippen LogP contribution in [0, 0.1) is 10.1 Å². The van der Waals surface area contributed by atoms with Gasteiger partial charge < -0.3 is 5.32 Å². The molecule has 1 aromatic carbocycles. The number of halogens is 2. The largest absolute Gasteiger partial charge is 0.324 e. The van der Waals surface area contributed by atoms with Gasteiger partial charge in [0.25, 0.3) is 0 Å². The summed E-state index contributed by atoms with van der Waals surface area (Å²) in [7, 11) is 0. The predicted octanol–water partition coefficient (Wildman–Crippen LogP) is 2.74. The number of hydrogen-bond acceptors (Lipinski definition) is 4. The first-order chi connectivity index (χ1) is 9.44. The molecule has 0 aliphatic carbocycles. The van der Waals surface area contributed by atoms with Crippen molar-refractivity contribution in [1.29, 1.82) is 0 Å². The van der Waals surface area contributed by atoms with Crippen LogP contribution in [0.4, 0.5) is 11.4 Å². The number of benzene rings is 1. The lowest BCUT2D eigenvalue weighted by molar-refractivity contribution is -0.385. The number of anilines is 1. The fourth-order valence-corrected chi connectivity index (χ4v) is 2.03. The minimum Gasteiger partial charge on any atom is -0.324 e. The Morgan fingerprint density at radius 1 is 1.35 bits per heavy atom. The number of nitro groups is 1. The Balaban J connectivity index is 2.03. The molecular formula is C11H8Cl2N4O3. The van der Waals surface area contributed by atoms with Crippen molar-refractivity contribution >= 4 is 40.5 Å². The molecule has 0 unspecified atom stereocenters. The van der Waals surface area contributed by atoms with Gasteiger partial charge in [-0.3, -0.25) is 19.6 Å². The average molecular weight is 315 g/mol. The van der Waals surface area contributed by atoms with E-state index in [4.69, 9.17) is 23.2 Å². The van der Waals surface area contributed by atoms with Crippen molar-refractivity contribution in [2.45, 2.75) is 6.54 Å². The molecule has 1 N–H and O–H groups in total. The maximum Gasteiger partial charge on any atom is 0.307 e. The summed E-state index contributed by atoms with van der Waals surface area (Å²) in [5.41, 5.74) is 0.262. The molecule has 1 aromatic heterocycles. The van der Waals surface area contributed by atoms with E-state index in [0.29, 0.717) is 15.7 Å². The van der Waals surface area contributed by atoms with Crippen molar-refractivity contribution < 1.29 is 9.72 Å². The van der Waals surface area contributed by atoms with Gasteiger partial charge in [0.1, 0.15) is 18.9 Å². The molecule has 0 aliphatic rings. The monoisotopic (exact) mass is 314 g/mol. The minimum atomic E-state index is -0.585. The molecule has 0 saturated carbocycles. The third kappa shape index (κ3) is 3.69. The van der Waals surface area contributed by atoms with Gasteiger partial charge in [0, 0.05) is 15.7 Å². The van der Waals surface area contributed by atoms with Crippen molar-refractivity contribution in [3.63, 3.8) is 0 Å². The normalized spacial score (nSPS) is 10.3. The molecule has 1 amide bonds. The standard InChI is InChI=1S/C11H8Cl2N4O3/c12-7-1-8(13)3-9(2-7)15-11(18)6-16-5-10(4-14-16)17(19)20/h1-5H,6H2,(H,15,18). The average Bonchev–Trinajstić information content (AvgIpc) is 2.75. The third-order valence-electron chi connectivity index (χ3n) is 2.28. The van der Waals surface area contributed by atoms with Crippen molar-refractivity contribution in [2.75, 3.05) is 5.32 Å². The molecule has 9 heteroatoms. The van der Waals surface area contributed by atoms with Crippen LogP contribution in [-0.4, -0.2) is 20.6 Å². The van der Waals surface area contributed by atoms with Gasteiger partial charge in [-0.2, -0.15) is 5.10 Å². The summed E-state index contributed by atoms with van der Waals surface area (Å²) < 4.78 is 1.17. The highest BCUT2D eigenvalue weighted by molar-refractivity contribution is 6.35. The first-order valence-corrected chi connectivity index (χ1v) is 6.12. The zero-order chi connectivity index (χ0) is 14.7. The molecule has 0 spiro atoms. The van der Waals surface area contributed by atoms with E-state index in [1.165, 1.54) is 29.1 Å².